The molecule has 1 saturated heterocycles. The normalized spacial score (nSPS) is 16.7. The number of benzene rings is 1. The molecule has 1 fully saturated rings. The SMILES string of the molecule is O=C(NCC[NH+]1CCOCC1)C(=O)NCc1ccc2c(c1)OCO2. The van der Waals surface area contributed by atoms with E-state index in [-0.39, 0.29) is 13.3 Å². The summed E-state index contributed by atoms with van der Waals surface area (Å²) in [7, 11) is 0. The van der Waals surface area contributed by atoms with Crippen molar-refractivity contribution in [2.75, 3.05) is 46.2 Å². The number of nitrogens with one attached hydrogen (secondary N) is 3. The van der Waals surface area contributed by atoms with E-state index in [0.29, 0.717) is 18.0 Å². The standard InChI is InChI=1S/C16H21N3O5/c20-15(17-3-4-19-5-7-22-8-6-19)16(21)18-10-12-1-2-13-14(9-12)24-11-23-13/h1-2,9H,3-8,10-11H2,(H,17,20)(H,18,21)/p+1. The molecule has 0 saturated carbocycles. The minimum absolute atomic E-state index is 0.207. The first-order valence-electron chi connectivity index (χ1n) is 8.08. The summed E-state index contributed by atoms with van der Waals surface area (Å²) in [6.45, 7) is 5.11. The van der Waals surface area contributed by atoms with Crippen molar-refractivity contribution in [1.29, 1.82) is 0 Å². The van der Waals surface area contributed by atoms with Crippen LogP contribution < -0.4 is 25.0 Å². The van der Waals surface area contributed by atoms with Gasteiger partial charge in [-0.2, -0.15) is 0 Å². The van der Waals surface area contributed by atoms with Crippen LogP contribution in [0.2, 0.25) is 0 Å². The minimum Gasteiger partial charge on any atom is -0.454 e. The van der Waals surface area contributed by atoms with Gasteiger partial charge in [-0.1, -0.05) is 6.07 Å². The molecule has 0 aromatic heterocycles. The van der Waals surface area contributed by atoms with E-state index in [4.69, 9.17) is 14.2 Å². The number of quaternary nitrogens is 1. The zero-order chi connectivity index (χ0) is 16.8. The van der Waals surface area contributed by atoms with E-state index >= 15 is 0 Å². The van der Waals surface area contributed by atoms with Crippen molar-refractivity contribution in [3.63, 3.8) is 0 Å². The van der Waals surface area contributed by atoms with E-state index in [2.05, 4.69) is 10.6 Å². The molecule has 1 aromatic carbocycles. The number of rotatable bonds is 5. The lowest BCUT2D eigenvalue weighted by molar-refractivity contribution is -0.906. The molecule has 0 aliphatic carbocycles. The molecule has 2 aliphatic heterocycles. The molecular weight excluding hydrogens is 314 g/mol. The molecule has 0 bridgehead atoms. The highest BCUT2D eigenvalue weighted by molar-refractivity contribution is 6.35. The number of carbonyl (C=O) groups excluding carboxylic acids is 2. The van der Waals surface area contributed by atoms with Gasteiger partial charge in [0.05, 0.1) is 26.3 Å². The van der Waals surface area contributed by atoms with Crippen LogP contribution in [0.5, 0.6) is 11.5 Å². The molecule has 2 amide bonds. The van der Waals surface area contributed by atoms with Crippen LogP contribution in [0.15, 0.2) is 18.2 Å². The number of morpholine rings is 1. The number of ether oxygens (including phenoxy) is 3. The van der Waals surface area contributed by atoms with Gasteiger partial charge >= 0.3 is 11.8 Å². The molecule has 3 rings (SSSR count). The maximum atomic E-state index is 11.8. The third-order valence-electron chi connectivity index (χ3n) is 4.06. The van der Waals surface area contributed by atoms with E-state index in [0.717, 1.165) is 38.4 Å². The third kappa shape index (κ3) is 4.36. The number of amides is 2. The summed E-state index contributed by atoms with van der Waals surface area (Å²) in [5.41, 5.74) is 0.846. The molecule has 1 aromatic rings. The molecule has 2 aliphatic rings. The Bertz CT molecular complexity index is 601. The van der Waals surface area contributed by atoms with Gasteiger partial charge < -0.3 is 29.7 Å². The number of hydrogen-bond donors (Lipinski definition) is 3. The summed E-state index contributed by atoms with van der Waals surface area (Å²) in [6.07, 6.45) is 0. The predicted octanol–water partition coefficient (Wildman–Crippen LogP) is -1.94. The van der Waals surface area contributed by atoms with Crippen LogP contribution in [0.3, 0.4) is 0 Å². The average Bonchev–Trinajstić information content (AvgIpc) is 3.08. The molecule has 2 heterocycles. The quantitative estimate of drug-likeness (QED) is 0.545. The van der Waals surface area contributed by atoms with Gasteiger partial charge in [-0.3, -0.25) is 9.59 Å². The molecule has 24 heavy (non-hydrogen) atoms. The Morgan fingerprint density at radius 3 is 2.62 bits per heavy atom. The Hall–Kier alpha value is -2.32. The van der Waals surface area contributed by atoms with Gasteiger partial charge in [0.1, 0.15) is 13.1 Å². The first-order chi connectivity index (χ1) is 11.7. The van der Waals surface area contributed by atoms with Crippen molar-refractivity contribution >= 4 is 11.8 Å². The monoisotopic (exact) mass is 336 g/mol. The second kappa shape index (κ2) is 7.98. The van der Waals surface area contributed by atoms with Gasteiger partial charge in [-0.15, -0.1) is 0 Å². The van der Waals surface area contributed by atoms with Crippen LogP contribution in [-0.2, 0) is 20.9 Å². The maximum Gasteiger partial charge on any atom is 0.309 e. The molecule has 8 nitrogen and oxygen atoms in total. The van der Waals surface area contributed by atoms with Crippen molar-refractivity contribution in [2.45, 2.75) is 6.54 Å². The zero-order valence-corrected chi connectivity index (χ0v) is 13.4. The van der Waals surface area contributed by atoms with Crippen molar-refractivity contribution in [3.8, 4) is 11.5 Å². The fraction of sp³-hybridized carbons (Fsp3) is 0.500. The highest BCUT2D eigenvalue weighted by atomic mass is 16.7. The van der Waals surface area contributed by atoms with Crippen molar-refractivity contribution < 1.29 is 28.7 Å². The summed E-state index contributed by atoms with van der Waals surface area (Å²) in [6, 6.07) is 5.41. The van der Waals surface area contributed by atoms with E-state index in [1.165, 1.54) is 4.90 Å². The Kier molecular flexibility index (Phi) is 5.50. The first kappa shape index (κ1) is 16.5. The molecule has 0 atom stereocenters. The molecule has 0 spiro atoms. The summed E-state index contributed by atoms with van der Waals surface area (Å²) in [4.78, 5) is 25.0. The highest BCUT2D eigenvalue weighted by Gasteiger charge is 2.17. The lowest BCUT2D eigenvalue weighted by Gasteiger charge is -2.23. The van der Waals surface area contributed by atoms with Gasteiger partial charge in [0.25, 0.3) is 0 Å². The largest absolute Gasteiger partial charge is 0.454 e. The smallest absolute Gasteiger partial charge is 0.309 e. The number of fused-ring (bicyclic) bond motifs is 1. The lowest BCUT2D eigenvalue weighted by atomic mass is 10.2. The minimum atomic E-state index is -0.635. The molecule has 8 heteroatoms. The molecule has 0 unspecified atom stereocenters. The van der Waals surface area contributed by atoms with Gasteiger partial charge in [-0.25, -0.2) is 0 Å². The Morgan fingerprint density at radius 2 is 1.79 bits per heavy atom. The fourth-order valence-electron chi connectivity index (χ4n) is 2.66. The van der Waals surface area contributed by atoms with E-state index in [1.54, 1.807) is 12.1 Å². The van der Waals surface area contributed by atoms with Crippen LogP contribution in [0.4, 0.5) is 0 Å². The summed E-state index contributed by atoms with van der Waals surface area (Å²) in [5.74, 6) is 0.0983. The van der Waals surface area contributed by atoms with Gasteiger partial charge in [0.2, 0.25) is 6.79 Å². The second-order valence-corrected chi connectivity index (χ2v) is 5.74. The number of hydrogen-bond acceptors (Lipinski definition) is 5. The predicted molar refractivity (Wildman–Crippen MR) is 83.8 cm³/mol. The molecular formula is C16H22N3O5+. The van der Waals surface area contributed by atoms with Gasteiger partial charge in [-0.05, 0) is 17.7 Å². The van der Waals surface area contributed by atoms with Crippen molar-refractivity contribution in [3.05, 3.63) is 23.8 Å². The zero-order valence-electron chi connectivity index (χ0n) is 13.4. The van der Waals surface area contributed by atoms with E-state index in [1.807, 2.05) is 6.07 Å². The van der Waals surface area contributed by atoms with Crippen LogP contribution in [-0.4, -0.2) is 58.0 Å². The Labute approximate surface area is 140 Å². The molecule has 3 N–H and O–H groups in total. The van der Waals surface area contributed by atoms with Gasteiger partial charge in [0.15, 0.2) is 11.5 Å². The van der Waals surface area contributed by atoms with Crippen molar-refractivity contribution in [2.24, 2.45) is 0 Å². The number of carbonyl (C=O) groups is 2. The van der Waals surface area contributed by atoms with Crippen LogP contribution >= 0.6 is 0 Å². The van der Waals surface area contributed by atoms with Crippen LogP contribution in [0.1, 0.15) is 5.56 Å². The van der Waals surface area contributed by atoms with Gasteiger partial charge in [0, 0.05) is 6.54 Å². The summed E-state index contributed by atoms with van der Waals surface area (Å²) < 4.78 is 15.8. The highest BCUT2D eigenvalue weighted by Crippen LogP contribution is 2.32. The lowest BCUT2D eigenvalue weighted by Crippen LogP contribution is -3.14. The van der Waals surface area contributed by atoms with Crippen molar-refractivity contribution in [1.82, 2.24) is 10.6 Å². The van der Waals surface area contributed by atoms with Crippen LogP contribution in [0, 0.1) is 0 Å². The topological polar surface area (TPSA) is 90.3 Å². The average molecular weight is 336 g/mol. The third-order valence-corrected chi connectivity index (χ3v) is 4.06. The van der Waals surface area contributed by atoms with Crippen LogP contribution in [0.25, 0.3) is 0 Å². The maximum absolute atomic E-state index is 11.8. The molecule has 130 valence electrons. The second-order valence-electron chi connectivity index (χ2n) is 5.74. The summed E-state index contributed by atoms with van der Waals surface area (Å²) in [5, 5.41) is 5.25. The molecule has 0 radical (unpaired) electrons. The Morgan fingerprint density at radius 1 is 1.04 bits per heavy atom. The first-order valence-corrected chi connectivity index (χ1v) is 8.08. The summed E-state index contributed by atoms with van der Waals surface area (Å²) >= 11 is 0. The fourth-order valence-corrected chi connectivity index (χ4v) is 2.66. The Balaban J connectivity index is 1.37. The van der Waals surface area contributed by atoms with E-state index in [9.17, 15) is 9.59 Å². The van der Waals surface area contributed by atoms with E-state index < -0.39 is 11.8 Å².